The van der Waals surface area contributed by atoms with E-state index in [2.05, 4.69) is 31.1 Å². The van der Waals surface area contributed by atoms with Crippen LogP contribution in [0.15, 0.2) is 18.3 Å². The van der Waals surface area contributed by atoms with Crippen molar-refractivity contribution in [2.45, 2.75) is 57.4 Å². The Hall–Kier alpha value is -1.42. The van der Waals surface area contributed by atoms with E-state index < -0.39 is 0 Å². The van der Waals surface area contributed by atoms with E-state index in [0.717, 1.165) is 50.2 Å². The highest BCUT2D eigenvalue weighted by Gasteiger charge is 2.45. The average Bonchev–Trinajstić information content (AvgIpc) is 2.91. The van der Waals surface area contributed by atoms with Crippen LogP contribution in [0.1, 0.15) is 52.1 Å². The second kappa shape index (κ2) is 5.09. The molecule has 1 atom stereocenters. The molecule has 0 aliphatic carbocycles. The summed E-state index contributed by atoms with van der Waals surface area (Å²) >= 11 is 0. The number of hydrogen-bond acceptors (Lipinski definition) is 3. The van der Waals surface area contributed by atoms with Gasteiger partial charge >= 0.3 is 0 Å². The van der Waals surface area contributed by atoms with Crippen molar-refractivity contribution >= 4 is 11.6 Å². The number of carbonyl (C=O) groups is 1. The first kappa shape index (κ1) is 14.5. The first-order valence-corrected chi connectivity index (χ1v) is 7.96. The summed E-state index contributed by atoms with van der Waals surface area (Å²) in [4.78, 5) is 19.3. The number of rotatable bonds is 1. The number of aromatic nitrogens is 1. The van der Waals surface area contributed by atoms with Crippen molar-refractivity contribution in [1.29, 1.82) is 0 Å². The molecule has 0 aromatic carbocycles. The summed E-state index contributed by atoms with van der Waals surface area (Å²) in [7, 11) is 0. The predicted octanol–water partition coefficient (Wildman–Crippen LogP) is 2.63. The third-order valence-corrected chi connectivity index (χ3v) is 4.71. The number of anilines is 1. The summed E-state index contributed by atoms with van der Waals surface area (Å²) in [5, 5.41) is 3.45. The second-order valence-corrected chi connectivity index (χ2v) is 7.32. The van der Waals surface area contributed by atoms with Crippen LogP contribution in [0.3, 0.4) is 0 Å². The van der Waals surface area contributed by atoms with Gasteiger partial charge in [-0.1, -0.05) is 20.8 Å². The van der Waals surface area contributed by atoms with Gasteiger partial charge in [0.1, 0.15) is 0 Å². The van der Waals surface area contributed by atoms with Crippen molar-refractivity contribution in [3.63, 3.8) is 0 Å². The minimum Gasteiger partial charge on any atom is -0.309 e. The molecule has 2 saturated heterocycles. The SMILES string of the molecule is CC(C)(C)c1ccc(N2CCCC3(CCCN3)C2=O)cn1. The Morgan fingerprint density at radius 1 is 1.24 bits per heavy atom. The van der Waals surface area contributed by atoms with E-state index in [1.807, 2.05) is 23.2 Å². The number of pyridine rings is 1. The standard InChI is InChI=1S/C17H25N3O/c1-16(2,3)14-7-6-13(12-18-14)20-11-5-9-17(15(20)21)8-4-10-19-17/h6-7,12,19H,4-5,8-11H2,1-3H3. The van der Waals surface area contributed by atoms with Crippen molar-refractivity contribution in [3.05, 3.63) is 24.0 Å². The molecule has 1 unspecified atom stereocenters. The number of nitrogens with zero attached hydrogens (tertiary/aromatic N) is 2. The Bertz CT molecular complexity index is 524. The van der Waals surface area contributed by atoms with Crippen molar-refractivity contribution in [1.82, 2.24) is 10.3 Å². The Balaban J connectivity index is 1.84. The van der Waals surface area contributed by atoms with E-state index in [4.69, 9.17) is 0 Å². The number of carbonyl (C=O) groups excluding carboxylic acids is 1. The highest BCUT2D eigenvalue weighted by Crippen LogP contribution is 2.33. The largest absolute Gasteiger partial charge is 0.309 e. The molecule has 21 heavy (non-hydrogen) atoms. The van der Waals surface area contributed by atoms with Crippen LogP contribution >= 0.6 is 0 Å². The molecule has 1 aromatic heterocycles. The Labute approximate surface area is 126 Å². The first-order valence-electron chi connectivity index (χ1n) is 7.96. The molecule has 3 rings (SSSR count). The highest BCUT2D eigenvalue weighted by molar-refractivity contribution is 6.01. The van der Waals surface area contributed by atoms with E-state index in [9.17, 15) is 4.79 Å². The van der Waals surface area contributed by atoms with Crippen molar-refractivity contribution in [2.75, 3.05) is 18.0 Å². The third-order valence-electron chi connectivity index (χ3n) is 4.71. The van der Waals surface area contributed by atoms with Crippen LogP contribution in [0.5, 0.6) is 0 Å². The van der Waals surface area contributed by atoms with Crippen molar-refractivity contribution in [2.24, 2.45) is 0 Å². The van der Waals surface area contributed by atoms with Gasteiger partial charge < -0.3 is 10.2 Å². The summed E-state index contributed by atoms with van der Waals surface area (Å²) in [6.07, 6.45) is 5.94. The Morgan fingerprint density at radius 3 is 2.57 bits per heavy atom. The number of nitrogens with one attached hydrogen (secondary N) is 1. The lowest BCUT2D eigenvalue weighted by molar-refractivity contribution is -0.126. The van der Waals surface area contributed by atoms with E-state index in [0.29, 0.717) is 0 Å². The van der Waals surface area contributed by atoms with Gasteiger partial charge in [0, 0.05) is 17.7 Å². The van der Waals surface area contributed by atoms with Crippen LogP contribution in [0, 0.1) is 0 Å². The van der Waals surface area contributed by atoms with Crippen LogP contribution in [0.25, 0.3) is 0 Å². The molecule has 2 aliphatic heterocycles. The zero-order chi connectivity index (χ0) is 15.1. The fraction of sp³-hybridized carbons (Fsp3) is 0.647. The topological polar surface area (TPSA) is 45.2 Å². The van der Waals surface area contributed by atoms with Gasteiger partial charge in [0.2, 0.25) is 5.91 Å². The number of piperidine rings is 1. The summed E-state index contributed by atoms with van der Waals surface area (Å²) in [5.41, 5.74) is 1.73. The third kappa shape index (κ3) is 2.57. The lowest BCUT2D eigenvalue weighted by atomic mass is 9.86. The van der Waals surface area contributed by atoms with E-state index in [1.165, 1.54) is 0 Å². The van der Waals surface area contributed by atoms with Gasteiger partial charge in [-0.25, -0.2) is 0 Å². The zero-order valence-corrected chi connectivity index (χ0v) is 13.3. The molecule has 0 saturated carbocycles. The van der Waals surface area contributed by atoms with E-state index in [-0.39, 0.29) is 16.9 Å². The molecule has 1 aromatic rings. The lowest BCUT2D eigenvalue weighted by Crippen LogP contribution is -2.58. The summed E-state index contributed by atoms with van der Waals surface area (Å²) < 4.78 is 0. The summed E-state index contributed by atoms with van der Waals surface area (Å²) in [6.45, 7) is 8.22. The van der Waals surface area contributed by atoms with Gasteiger partial charge in [-0.15, -0.1) is 0 Å². The Morgan fingerprint density at radius 2 is 2.00 bits per heavy atom. The molecule has 114 valence electrons. The van der Waals surface area contributed by atoms with Crippen LogP contribution in [-0.4, -0.2) is 29.5 Å². The maximum Gasteiger partial charge on any atom is 0.247 e. The fourth-order valence-corrected chi connectivity index (χ4v) is 3.44. The smallest absolute Gasteiger partial charge is 0.247 e. The van der Waals surface area contributed by atoms with E-state index >= 15 is 0 Å². The lowest BCUT2D eigenvalue weighted by Gasteiger charge is -2.39. The predicted molar refractivity (Wildman–Crippen MR) is 84.5 cm³/mol. The van der Waals surface area contributed by atoms with Gasteiger partial charge in [0.05, 0.1) is 17.4 Å². The average molecular weight is 287 g/mol. The van der Waals surface area contributed by atoms with Crippen molar-refractivity contribution < 1.29 is 4.79 Å². The summed E-state index contributed by atoms with van der Waals surface area (Å²) in [5.74, 6) is 0.233. The van der Waals surface area contributed by atoms with Crippen LogP contribution in [0.4, 0.5) is 5.69 Å². The van der Waals surface area contributed by atoms with Gasteiger partial charge in [-0.05, 0) is 44.4 Å². The molecule has 4 nitrogen and oxygen atoms in total. The highest BCUT2D eigenvalue weighted by atomic mass is 16.2. The second-order valence-electron chi connectivity index (χ2n) is 7.32. The minimum absolute atomic E-state index is 0.0403. The molecule has 0 radical (unpaired) electrons. The molecule has 2 fully saturated rings. The van der Waals surface area contributed by atoms with Gasteiger partial charge in [0.15, 0.2) is 0 Å². The van der Waals surface area contributed by atoms with Crippen LogP contribution in [0.2, 0.25) is 0 Å². The minimum atomic E-state index is -0.305. The normalized spacial score (nSPS) is 26.6. The molecule has 3 heterocycles. The van der Waals surface area contributed by atoms with Gasteiger partial charge in [-0.2, -0.15) is 0 Å². The molecule has 1 N–H and O–H groups in total. The monoisotopic (exact) mass is 287 g/mol. The Kier molecular flexibility index (Phi) is 3.52. The first-order chi connectivity index (χ1) is 9.92. The molecule has 4 heteroatoms. The fourth-order valence-electron chi connectivity index (χ4n) is 3.44. The molecular formula is C17H25N3O. The summed E-state index contributed by atoms with van der Waals surface area (Å²) in [6, 6.07) is 4.09. The molecule has 0 bridgehead atoms. The number of hydrogen-bond donors (Lipinski definition) is 1. The van der Waals surface area contributed by atoms with Crippen LogP contribution < -0.4 is 10.2 Å². The molecule has 1 amide bonds. The van der Waals surface area contributed by atoms with Crippen LogP contribution in [-0.2, 0) is 10.2 Å². The van der Waals surface area contributed by atoms with Gasteiger partial charge in [0.25, 0.3) is 0 Å². The van der Waals surface area contributed by atoms with Gasteiger partial charge in [-0.3, -0.25) is 9.78 Å². The molecule has 2 aliphatic rings. The van der Waals surface area contributed by atoms with Crippen molar-refractivity contribution in [3.8, 4) is 0 Å². The zero-order valence-electron chi connectivity index (χ0n) is 13.3. The quantitative estimate of drug-likeness (QED) is 0.863. The number of amides is 1. The molecular weight excluding hydrogens is 262 g/mol. The molecule has 1 spiro atoms. The maximum absolute atomic E-state index is 12.9. The van der Waals surface area contributed by atoms with E-state index in [1.54, 1.807) is 0 Å². The maximum atomic E-state index is 12.9.